The summed E-state index contributed by atoms with van der Waals surface area (Å²) >= 11 is 0. The summed E-state index contributed by atoms with van der Waals surface area (Å²) in [5.41, 5.74) is 0.942. The van der Waals surface area contributed by atoms with Crippen LogP contribution in [0.2, 0.25) is 0 Å². The van der Waals surface area contributed by atoms with Crippen molar-refractivity contribution in [2.75, 3.05) is 20.3 Å². The van der Waals surface area contributed by atoms with Gasteiger partial charge in [-0.25, -0.2) is 4.39 Å². The van der Waals surface area contributed by atoms with Crippen LogP contribution in [0.15, 0.2) is 18.2 Å². The Labute approximate surface area is 125 Å². The van der Waals surface area contributed by atoms with Gasteiger partial charge in [-0.3, -0.25) is 4.90 Å². The molecule has 0 amide bonds. The average Bonchev–Trinajstić information content (AvgIpc) is 3.26. The Kier molecular flexibility index (Phi) is 5.76. The largest absolute Gasteiger partial charge is 0.488 e. The molecule has 4 nitrogen and oxygen atoms in total. The van der Waals surface area contributed by atoms with Crippen molar-refractivity contribution in [3.8, 4) is 0 Å². The SMILES string of the molecule is COCCN(Cc1cc(F)cc(B(O)O)c1)C(C)C1CC1. The lowest BCUT2D eigenvalue weighted by Crippen LogP contribution is -2.37. The molecule has 0 saturated heterocycles. The molecule has 1 unspecified atom stereocenters. The lowest BCUT2D eigenvalue weighted by atomic mass is 9.79. The highest BCUT2D eigenvalue weighted by molar-refractivity contribution is 6.58. The standard InChI is InChI=1S/C15H23BFNO3/c1-11(13-3-4-13)18(5-6-21-2)10-12-7-14(16(19)20)9-15(17)8-12/h7-9,11,13,19-20H,3-6,10H2,1-2H3. The van der Waals surface area contributed by atoms with Crippen LogP contribution in [0.4, 0.5) is 4.39 Å². The highest BCUT2D eigenvalue weighted by Crippen LogP contribution is 2.35. The number of ether oxygens (including phenoxy) is 1. The fourth-order valence-electron chi connectivity index (χ4n) is 2.66. The maximum Gasteiger partial charge on any atom is 0.488 e. The average molecular weight is 295 g/mol. The molecule has 1 aromatic rings. The van der Waals surface area contributed by atoms with Crippen molar-refractivity contribution in [1.29, 1.82) is 0 Å². The van der Waals surface area contributed by atoms with Crippen LogP contribution in [0.1, 0.15) is 25.3 Å². The summed E-state index contributed by atoms with van der Waals surface area (Å²) in [6, 6.07) is 4.67. The van der Waals surface area contributed by atoms with E-state index in [0.717, 1.165) is 18.2 Å². The van der Waals surface area contributed by atoms with Gasteiger partial charge in [0.15, 0.2) is 0 Å². The van der Waals surface area contributed by atoms with Gasteiger partial charge >= 0.3 is 7.12 Å². The van der Waals surface area contributed by atoms with Gasteiger partial charge in [-0.05, 0) is 48.8 Å². The molecule has 1 aliphatic carbocycles. The normalized spacial score (nSPS) is 16.3. The van der Waals surface area contributed by atoms with Crippen LogP contribution in [0.3, 0.4) is 0 Å². The van der Waals surface area contributed by atoms with Crippen LogP contribution in [-0.2, 0) is 11.3 Å². The minimum atomic E-state index is -1.65. The van der Waals surface area contributed by atoms with E-state index in [4.69, 9.17) is 4.74 Å². The Morgan fingerprint density at radius 2 is 2.10 bits per heavy atom. The fourth-order valence-corrected chi connectivity index (χ4v) is 2.66. The van der Waals surface area contributed by atoms with Crippen molar-refractivity contribution in [2.45, 2.75) is 32.4 Å². The first-order chi connectivity index (χ1) is 10.0. The number of nitrogens with zero attached hydrogens (tertiary/aromatic N) is 1. The third kappa shape index (κ3) is 4.78. The summed E-state index contributed by atoms with van der Waals surface area (Å²) in [5.74, 6) is 0.264. The number of hydrogen-bond donors (Lipinski definition) is 2. The Morgan fingerprint density at radius 1 is 1.38 bits per heavy atom. The second-order valence-corrected chi connectivity index (χ2v) is 5.81. The monoisotopic (exact) mass is 295 g/mol. The second kappa shape index (κ2) is 7.36. The maximum absolute atomic E-state index is 13.6. The second-order valence-electron chi connectivity index (χ2n) is 5.81. The van der Waals surface area contributed by atoms with Gasteiger partial charge < -0.3 is 14.8 Å². The molecule has 1 aliphatic rings. The van der Waals surface area contributed by atoms with Crippen molar-refractivity contribution >= 4 is 12.6 Å². The predicted molar refractivity (Wildman–Crippen MR) is 80.7 cm³/mol. The third-order valence-corrected chi connectivity index (χ3v) is 4.13. The number of halogens is 1. The summed E-state index contributed by atoms with van der Waals surface area (Å²) in [6.45, 7) is 4.18. The number of hydrogen-bond acceptors (Lipinski definition) is 4. The van der Waals surface area contributed by atoms with Gasteiger partial charge in [0.2, 0.25) is 0 Å². The molecule has 0 aliphatic heterocycles. The van der Waals surface area contributed by atoms with Crippen molar-refractivity contribution in [2.24, 2.45) is 5.92 Å². The quantitative estimate of drug-likeness (QED) is 0.695. The molecular weight excluding hydrogens is 272 g/mol. The lowest BCUT2D eigenvalue weighted by Gasteiger charge is -2.29. The van der Waals surface area contributed by atoms with Crippen molar-refractivity contribution in [1.82, 2.24) is 4.90 Å². The zero-order valence-corrected chi connectivity index (χ0v) is 12.6. The molecule has 0 spiro atoms. The number of benzene rings is 1. The van der Waals surface area contributed by atoms with Crippen LogP contribution in [0, 0.1) is 11.7 Å². The first-order valence-corrected chi connectivity index (χ1v) is 7.39. The molecule has 21 heavy (non-hydrogen) atoms. The molecular formula is C15H23BFNO3. The molecule has 0 bridgehead atoms. The molecule has 1 fully saturated rings. The highest BCUT2D eigenvalue weighted by Gasteiger charge is 2.31. The smallest absolute Gasteiger partial charge is 0.423 e. The molecule has 1 aromatic carbocycles. The van der Waals surface area contributed by atoms with Crippen LogP contribution in [0.5, 0.6) is 0 Å². The van der Waals surface area contributed by atoms with E-state index in [0.29, 0.717) is 25.1 Å². The molecule has 0 radical (unpaired) electrons. The number of methoxy groups -OCH3 is 1. The molecule has 6 heteroatoms. The van der Waals surface area contributed by atoms with E-state index in [1.165, 1.54) is 18.9 Å². The minimum Gasteiger partial charge on any atom is -0.423 e. The van der Waals surface area contributed by atoms with E-state index in [2.05, 4.69) is 11.8 Å². The Bertz CT molecular complexity index is 468. The van der Waals surface area contributed by atoms with Gasteiger partial charge in [0, 0.05) is 26.2 Å². The van der Waals surface area contributed by atoms with E-state index in [-0.39, 0.29) is 5.46 Å². The van der Waals surface area contributed by atoms with Gasteiger partial charge in [0.1, 0.15) is 5.82 Å². The Balaban J connectivity index is 2.11. The minimum absolute atomic E-state index is 0.191. The Hall–Kier alpha value is -0.945. The topological polar surface area (TPSA) is 52.9 Å². The molecule has 1 atom stereocenters. The molecule has 0 heterocycles. The molecule has 2 N–H and O–H groups in total. The van der Waals surface area contributed by atoms with Gasteiger partial charge in [0.05, 0.1) is 6.61 Å². The van der Waals surface area contributed by atoms with Crippen LogP contribution >= 0.6 is 0 Å². The summed E-state index contributed by atoms with van der Waals surface area (Å²) in [5, 5.41) is 18.4. The summed E-state index contributed by atoms with van der Waals surface area (Å²) in [4.78, 5) is 2.27. The third-order valence-electron chi connectivity index (χ3n) is 4.13. The van der Waals surface area contributed by atoms with Gasteiger partial charge in [-0.2, -0.15) is 0 Å². The van der Waals surface area contributed by atoms with E-state index in [1.807, 2.05) is 0 Å². The number of rotatable bonds is 8. The van der Waals surface area contributed by atoms with Crippen molar-refractivity contribution in [3.05, 3.63) is 29.6 Å². The van der Waals surface area contributed by atoms with E-state index in [9.17, 15) is 14.4 Å². The van der Waals surface area contributed by atoms with Gasteiger partial charge in [-0.1, -0.05) is 6.07 Å². The predicted octanol–water partition coefficient (Wildman–Crippen LogP) is 0.752. The van der Waals surface area contributed by atoms with Gasteiger partial charge in [-0.15, -0.1) is 0 Å². The zero-order valence-electron chi connectivity index (χ0n) is 12.6. The van der Waals surface area contributed by atoms with E-state index < -0.39 is 12.9 Å². The van der Waals surface area contributed by atoms with Crippen molar-refractivity contribution < 1.29 is 19.2 Å². The van der Waals surface area contributed by atoms with E-state index >= 15 is 0 Å². The van der Waals surface area contributed by atoms with Crippen molar-refractivity contribution in [3.63, 3.8) is 0 Å². The Morgan fingerprint density at radius 3 is 2.67 bits per heavy atom. The summed E-state index contributed by atoms with van der Waals surface area (Å²) in [7, 11) is 0.0234. The van der Waals surface area contributed by atoms with E-state index in [1.54, 1.807) is 13.2 Å². The van der Waals surface area contributed by atoms with Crippen LogP contribution in [0.25, 0.3) is 0 Å². The maximum atomic E-state index is 13.6. The molecule has 2 rings (SSSR count). The first-order valence-electron chi connectivity index (χ1n) is 7.39. The lowest BCUT2D eigenvalue weighted by molar-refractivity contribution is 0.111. The van der Waals surface area contributed by atoms with Crippen LogP contribution in [-0.4, -0.2) is 48.4 Å². The summed E-state index contributed by atoms with van der Waals surface area (Å²) < 4.78 is 18.7. The zero-order chi connectivity index (χ0) is 15.4. The van der Waals surface area contributed by atoms with Gasteiger partial charge in [0.25, 0.3) is 0 Å². The summed E-state index contributed by atoms with van der Waals surface area (Å²) in [6.07, 6.45) is 2.49. The highest BCUT2D eigenvalue weighted by atomic mass is 19.1. The van der Waals surface area contributed by atoms with Crippen LogP contribution < -0.4 is 5.46 Å². The molecule has 1 saturated carbocycles. The fraction of sp³-hybridized carbons (Fsp3) is 0.600. The molecule has 0 aromatic heterocycles. The first kappa shape index (κ1) is 16.4. The molecule has 116 valence electrons.